The van der Waals surface area contributed by atoms with Crippen molar-refractivity contribution in [2.75, 3.05) is 55.2 Å². The summed E-state index contributed by atoms with van der Waals surface area (Å²) < 4.78 is 147. The average molecular weight is 1270 g/mol. The molecule has 0 fully saturated rings. The van der Waals surface area contributed by atoms with E-state index in [1.54, 1.807) is 42.7 Å². The molecule has 0 saturated carbocycles. The number of pyridine rings is 2. The molecule has 11 nitrogen and oxygen atoms in total. The van der Waals surface area contributed by atoms with Crippen LogP contribution in [0.3, 0.4) is 0 Å². The van der Waals surface area contributed by atoms with Gasteiger partial charge in [-0.2, -0.15) is 4.39 Å². The Morgan fingerprint density at radius 2 is 0.835 bits per heavy atom. The fourth-order valence-corrected chi connectivity index (χ4v) is 13.6. The van der Waals surface area contributed by atoms with Crippen molar-refractivity contribution >= 4 is 50.0 Å². The maximum atomic E-state index is 15.3. The van der Waals surface area contributed by atoms with E-state index < -0.39 is 64.1 Å². The first-order chi connectivity index (χ1) is 42.9. The maximum absolute atomic E-state index is 15.3. The number of aromatic nitrogens is 5. The zero-order valence-electron chi connectivity index (χ0n) is 53.5. The monoisotopic (exact) mass is 1270 g/mol. The van der Waals surface area contributed by atoms with E-state index in [1.165, 1.54) is 81.8 Å². The van der Waals surface area contributed by atoms with Gasteiger partial charge in [-0.15, -0.1) is 0 Å². The molecule has 0 spiro atoms. The highest BCUT2D eigenvalue weighted by Crippen LogP contribution is 2.47. The summed E-state index contributed by atoms with van der Waals surface area (Å²) in [5.74, 6) is -3.28. The van der Waals surface area contributed by atoms with Crippen LogP contribution in [0.5, 0.6) is 0 Å². The second kappa shape index (κ2) is 26.2. The van der Waals surface area contributed by atoms with Crippen LogP contribution in [0.1, 0.15) is 152 Å². The molecule has 486 valence electrons. The van der Waals surface area contributed by atoms with E-state index >= 15 is 17.6 Å². The Morgan fingerprint density at radius 3 is 1.21 bits per heavy atom. The first kappa shape index (κ1) is 66.3. The van der Waals surface area contributed by atoms with Gasteiger partial charge in [0.1, 0.15) is 63.5 Å². The quantitative estimate of drug-likeness (QED) is 0.0444. The summed E-state index contributed by atoms with van der Waals surface area (Å²) in [6.07, 6.45) is 3.75. The average Bonchev–Trinajstić information content (AvgIpc) is 1.68. The number of nitrogens with one attached hydrogen (secondary N) is 6. The molecule has 0 saturated heterocycles. The van der Waals surface area contributed by atoms with Crippen LogP contribution < -0.4 is 16.0 Å². The van der Waals surface area contributed by atoms with E-state index in [0.717, 1.165) is 68.9 Å². The standard InChI is InChI=1S/C24H27F4N3.C23H26F4N4.C23H28F2N4/c1-5-29-15-10-18(26)21(19(27)11-15)23-22-17(8-13(2)31(23)12-24(3,4)28)16-7-6-14(25)9-20(16)30-22;1-5-28-18-10-16(25)19(22(26)30-18)21-20-15(8-12(2)31(21)11-23(3,4)27)14-7-6-13(24)9-17(14)29-20;1-5-26-20-9-6-15(12-27-20)22-21-18(10-14(2)29(22)13-23(3,4)25)17-8-7-16(24)11-19(17)28-21/h6-7,9-11,13,23,29-30H,5,8,12H2,1-4H3;6-7,9-10,12,21,29H,5,8,11H2,1-4H3,(H,28,30);6-9,11-12,14,22,28H,5,10,13H2,1-4H3,(H,26,27). The van der Waals surface area contributed by atoms with Gasteiger partial charge in [0, 0.05) is 131 Å². The summed E-state index contributed by atoms with van der Waals surface area (Å²) in [5, 5.41) is 11.6. The Kier molecular flexibility index (Phi) is 19.1. The summed E-state index contributed by atoms with van der Waals surface area (Å²) in [5.41, 5.74) is 3.41. The molecule has 0 aliphatic carbocycles. The predicted molar refractivity (Wildman–Crippen MR) is 343 cm³/mol. The van der Waals surface area contributed by atoms with Crippen molar-refractivity contribution in [3.63, 3.8) is 0 Å². The Hall–Kier alpha value is -7.62. The molecule has 12 rings (SSSR count). The van der Waals surface area contributed by atoms with Crippen molar-refractivity contribution < 1.29 is 43.9 Å². The Balaban J connectivity index is 0.000000150. The number of hydrogen-bond acceptors (Lipinski definition) is 8. The van der Waals surface area contributed by atoms with Crippen LogP contribution in [0.15, 0.2) is 91.1 Å². The fraction of sp³-hybridized carbons (Fsp3) is 0.429. The minimum absolute atomic E-state index is 0.00413. The van der Waals surface area contributed by atoms with Crippen LogP contribution in [0.4, 0.5) is 61.2 Å². The minimum Gasteiger partial charge on any atom is -0.385 e. The number of alkyl halides is 3. The van der Waals surface area contributed by atoms with Crippen molar-refractivity contribution in [2.45, 2.75) is 156 Å². The van der Waals surface area contributed by atoms with Crippen LogP contribution in [0.25, 0.3) is 32.7 Å². The molecule has 21 heteroatoms. The summed E-state index contributed by atoms with van der Waals surface area (Å²) in [4.78, 5) is 23.9. The lowest BCUT2D eigenvalue weighted by Gasteiger charge is -2.43. The molecule has 6 atom stereocenters. The SMILES string of the molecule is CCNc1cc(F)c(C2c3[nH]c4cc(F)ccc4c3CC(C)N2CC(C)(C)F)c(F)c1.CCNc1cc(F)c(C2c3[nH]c4cc(F)ccc4c3CC(C)N2CC(C)(C)F)c(F)n1.CCNc1ccc(C2c3[nH]c4cc(F)ccc4c3CC(C)N2CC(C)(C)F)cn1. The molecule has 9 aromatic rings. The lowest BCUT2D eigenvalue weighted by Crippen LogP contribution is -2.48. The van der Waals surface area contributed by atoms with Gasteiger partial charge in [-0.25, -0.2) is 49.5 Å². The fourth-order valence-electron chi connectivity index (χ4n) is 13.6. The Morgan fingerprint density at radius 1 is 0.462 bits per heavy atom. The number of rotatable bonds is 15. The third-order valence-electron chi connectivity index (χ3n) is 17.2. The topological polar surface area (TPSA) is 119 Å². The first-order valence-electron chi connectivity index (χ1n) is 31.2. The van der Waals surface area contributed by atoms with Gasteiger partial charge >= 0.3 is 0 Å². The van der Waals surface area contributed by atoms with Crippen LogP contribution >= 0.6 is 0 Å². The number of nitrogens with zero attached hydrogens (tertiary/aromatic N) is 5. The van der Waals surface area contributed by atoms with Crippen molar-refractivity contribution in [1.82, 2.24) is 39.6 Å². The largest absolute Gasteiger partial charge is 0.385 e. The second-order valence-electron chi connectivity index (χ2n) is 26.3. The highest BCUT2D eigenvalue weighted by Gasteiger charge is 2.44. The molecule has 91 heavy (non-hydrogen) atoms. The van der Waals surface area contributed by atoms with Gasteiger partial charge in [0.15, 0.2) is 0 Å². The van der Waals surface area contributed by atoms with Gasteiger partial charge in [0.2, 0.25) is 5.95 Å². The van der Waals surface area contributed by atoms with Crippen LogP contribution in [0, 0.1) is 40.9 Å². The molecule has 0 bridgehead atoms. The lowest BCUT2D eigenvalue weighted by molar-refractivity contribution is 0.0639. The smallest absolute Gasteiger partial charge is 0.222 e. The maximum Gasteiger partial charge on any atom is 0.222 e. The van der Waals surface area contributed by atoms with Crippen LogP contribution in [-0.2, 0) is 19.3 Å². The van der Waals surface area contributed by atoms with Crippen LogP contribution in [0.2, 0.25) is 0 Å². The highest BCUT2D eigenvalue weighted by atomic mass is 19.2. The zero-order chi connectivity index (χ0) is 65.8. The molecular formula is C70H81F10N11. The highest BCUT2D eigenvalue weighted by molar-refractivity contribution is 5.87. The van der Waals surface area contributed by atoms with E-state index in [-0.39, 0.29) is 60.0 Å². The molecule has 4 aromatic carbocycles. The molecule has 5 aromatic heterocycles. The number of hydrogen-bond donors (Lipinski definition) is 6. The van der Waals surface area contributed by atoms with E-state index in [0.29, 0.717) is 60.6 Å². The number of anilines is 3. The molecule has 0 amide bonds. The van der Waals surface area contributed by atoms with E-state index in [9.17, 15) is 26.3 Å². The number of benzene rings is 4. The van der Waals surface area contributed by atoms with Crippen molar-refractivity contribution in [3.8, 4) is 0 Å². The number of halogens is 10. The number of aromatic amines is 3. The van der Waals surface area contributed by atoms with Gasteiger partial charge in [-0.3, -0.25) is 14.7 Å². The Labute approximate surface area is 524 Å². The van der Waals surface area contributed by atoms with Gasteiger partial charge < -0.3 is 30.9 Å². The van der Waals surface area contributed by atoms with E-state index in [4.69, 9.17) is 0 Å². The van der Waals surface area contributed by atoms with Crippen molar-refractivity contribution in [1.29, 1.82) is 0 Å². The molecular weight excluding hydrogens is 1180 g/mol. The minimum atomic E-state index is -1.59. The summed E-state index contributed by atoms with van der Waals surface area (Å²) in [6, 6.07) is 19.2. The molecule has 0 radical (unpaired) electrons. The summed E-state index contributed by atoms with van der Waals surface area (Å²) in [6.45, 7) is 22.7. The van der Waals surface area contributed by atoms with Gasteiger partial charge in [-0.05, 0) is 197 Å². The first-order valence-corrected chi connectivity index (χ1v) is 31.2. The molecule has 8 heterocycles. The van der Waals surface area contributed by atoms with Crippen LogP contribution in [-0.4, -0.2) is 114 Å². The molecule has 3 aliphatic heterocycles. The van der Waals surface area contributed by atoms with Crippen molar-refractivity contribution in [2.24, 2.45) is 0 Å². The van der Waals surface area contributed by atoms with E-state index in [1.807, 2.05) is 52.1 Å². The van der Waals surface area contributed by atoms with Gasteiger partial charge in [0.25, 0.3) is 0 Å². The molecule has 6 unspecified atom stereocenters. The summed E-state index contributed by atoms with van der Waals surface area (Å²) >= 11 is 0. The van der Waals surface area contributed by atoms with Gasteiger partial charge in [-0.1, -0.05) is 6.07 Å². The normalized spacial score (nSPS) is 19.8. The van der Waals surface area contributed by atoms with E-state index in [2.05, 4.69) is 52.7 Å². The molecule has 3 aliphatic rings. The predicted octanol–water partition coefficient (Wildman–Crippen LogP) is 16.8. The second-order valence-corrected chi connectivity index (χ2v) is 26.3. The summed E-state index contributed by atoms with van der Waals surface area (Å²) in [7, 11) is 0. The lowest BCUT2D eigenvalue weighted by atomic mass is 9.87. The third-order valence-corrected chi connectivity index (χ3v) is 17.2. The molecule has 6 N–H and O–H groups in total. The van der Waals surface area contributed by atoms with Crippen molar-refractivity contribution in [3.05, 3.63) is 182 Å². The third kappa shape index (κ3) is 14.2. The number of fused-ring (bicyclic) bond motifs is 9. The van der Waals surface area contributed by atoms with Gasteiger partial charge in [0.05, 0.1) is 23.7 Å². The zero-order valence-corrected chi connectivity index (χ0v) is 53.5. The Bertz CT molecular complexity index is 3840. The number of H-pyrrole nitrogens is 3.